The third-order valence-electron chi connectivity index (χ3n) is 3.03. The predicted octanol–water partition coefficient (Wildman–Crippen LogP) is 3.22. The van der Waals surface area contributed by atoms with Gasteiger partial charge in [0.15, 0.2) is 0 Å². The minimum Gasteiger partial charge on any atom is -0.385 e. The zero-order chi connectivity index (χ0) is 15.7. The minimum absolute atomic E-state index is 0.0392. The highest BCUT2D eigenvalue weighted by Gasteiger charge is 2.08. The Morgan fingerprint density at radius 3 is 2.67 bits per heavy atom. The van der Waals surface area contributed by atoms with Gasteiger partial charge in [-0.15, -0.1) is 0 Å². The highest BCUT2D eigenvalue weighted by Crippen LogP contribution is 2.15. The topological polar surface area (TPSA) is 50.4 Å². The molecule has 0 radical (unpaired) electrons. The molecule has 1 aromatic rings. The average Bonchev–Trinajstić information content (AvgIpc) is 2.44. The van der Waals surface area contributed by atoms with Crippen LogP contribution in [0.1, 0.15) is 43.1 Å². The van der Waals surface area contributed by atoms with E-state index >= 15 is 0 Å². The standard InChI is InChI=1S/C17H28N2O2/c1-5-8-18-15-6-7-16(14(4)11-15)17(20)19-9-10-21-12-13(2)3/h6-7,11,13,18H,5,8-10,12H2,1-4H3,(H,19,20). The van der Waals surface area contributed by atoms with Gasteiger partial charge in [-0.3, -0.25) is 4.79 Å². The lowest BCUT2D eigenvalue weighted by Crippen LogP contribution is -2.28. The van der Waals surface area contributed by atoms with E-state index in [-0.39, 0.29) is 5.91 Å². The van der Waals surface area contributed by atoms with Gasteiger partial charge in [0.2, 0.25) is 0 Å². The Balaban J connectivity index is 2.43. The molecule has 21 heavy (non-hydrogen) atoms. The fourth-order valence-electron chi connectivity index (χ4n) is 1.95. The van der Waals surface area contributed by atoms with Gasteiger partial charge in [0, 0.05) is 30.9 Å². The average molecular weight is 292 g/mol. The van der Waals surface area contributed by atoms with Crippen LogP contribution in [0.2, 0.25) is 0 Å². The summed E-state index contributed by atoms with van der Waals surface area (Å²) in [4.78, 5) is 12.1. The Bertz CT molecular complexity index is 444. The lowest BCUT2D eigenvalue weighted by atomic mass is 10.1. The van der Waals surface area contributed by atoms with Crippen LogP contribution >= 0.6 is 0 Å². The molecule has 0 heterocycles. The lowest BCUT2D eigenvalue weighted by Gasteiger charge is -2.11. The zero-order valence-corrected chi connectivity index (χ0v) is 13.7. The number of carbonyl (C=O) groups is 1. The van der Waals surface area contributed by atoms with E-state index in [1.165, 1.54) is 0 Å². The van der Waals surface area contributed by atoms with Crippen LogP contribution in [0.15, 0.2) is 18.2 Å². The van der Waals surface area contributed by atoms with Crippen molar-refractivity contribution in [3.8, 4) is 0 Å². The third kappa shape index (κ3) is 6.63. The molecule has 4 nitrogen and oxygen atoms in total. The van der Waals surface area contributed by atoms with E-state index in [1.807, 2.05) is 25.1 Å². The van der Waals surface area contributed by atoms with E-state index in [9.17, 15) is 4.79 Å². The molecule has 1 rings (SSSR count). The Hall–Kier alpha value is -1.55. The van der Waals surface area contributed by atoms with Gasteiger partial charge >= 0.3 is 0 Å². The minimum atomic E-state index is -0.0392. The number of amides is 1. The summed E-state index contributed by atoms with van der Waals surface area (Å²) in [5, 5.41) is 6.21. The quantitative estimate of drug-likeness (QED) is 0.687. The molecular formula is C17H28N2O2. The number of nitrogens with one attached hydrogen (secondary N) is 2. The summed E-state index contributed by atoms with van der Waals surface area (Å²) in [6.45, 7) is 11.1. The summed E-state index contributed by atoms with van der Waals surface area (Å²) in [6.07, 6.45) is 1.08. The Labute approximate surface area is 128 Å². The van der Waals surface area contributed by atoms with Crippen LogP contribution in [-0.2, 0) is 4.74 Å². The predicted molar refractivity (Wildman–Crippen MR) is 87.9 cm³/mol. The molecular weight excluding hydrogens is 264 g/mol. The number of benzene rings is 1. The van der Waals surface area contributed by atoms with E-state index in [1.54, 1.807) is 0 Å². The number of anilines is 1. The van der Waals surface area contributed by atoms with E-state index in [2.05, 4.69) is 31.4 Å². The molecule has 0 aliphatic heterocycles. The molecule has 0 aliphatic carbocycles. The van der Waals surface area contributed by atoms with Crippen LogP contribution < -0.4 is 10.6 Å². The number of ether oxygens (including phenoxy) is 1. The zero-order valence-electron chi connectivity index (χ0n) is 13.7. The summed E-state index contributed by atoms with van der Waals surface area (Å²) in [5.41, 5.74) is 2.77. The maximum atomic E-state index is 12.1. The highest BCUT2D eigenvalue weighted by atomic mass is 16.5. The van der Waals surface area contributed by atoms with E-state index < -0.39 is 0 Å². The molecule has 2 N–H and O–H groups in total. The number of aryl methyl sites for hydroxylation is 1. The van der Waals surface area contributed by atoms with Crippen LogP contribution in [0.5, 0.6) is 0 Å². The molecule has 0 unspecified atom stereocenters. The number of rotatable bonds is 9. The lowest BCUT2D eigenvalue weighted by molar-refractivity contribution is 0.0886. The first kappa shape index (κ1) is 17.5. The summed E-state index contributed by atoms with van der Waals surface area (Å²) >= 11 is 0. The summed E-state index contributed by atoms with van der Waals surface area (Å²) in [5.74, 6) is 0.480. The highest BCUT2D eigenvalue weighted by molar-refractivity contribution is 5.96. The third-order valence-corrected chi connectivity index (χ3v) is 3.03. The normalized spacial score (nSPS) is 10.7. The monoisotopic (exact) mass is 292 g/mol. The Morgan fingerprint density at radius 1 is 1.29 bits per heavy atom. The number of hydrogen-bond donors (Lipinski definition) is 2. The maximum Gasteiger partial charge on any atom is 0.251 e. The van der Waals surface area contributed by atoms with Crippen LogP contribution in [0, 0.1) is 12.8 Å². The van der Waals surface area contributed by atoms with Crippen LogP contribution in [-0.4, -0.2) is 32.2 Å². The van der Waals surface area contributed by atoms with Crippen molar-refractivity contribution in [2.45, 2.75) is 34.1 Å². The first-order valence-electron chi connectivity index (χ1n) is 7.75. The van der Waals surface area contributed by atoms with Gasteiger partial charge in [-0.25, -0.2) is 0 Å². The van der Waals surface area contributed by atoms with Gasteiger partial charge in [-0.05, 0) is 43.0 Å². The first-order valence-corrected chi connectivity index (χ1v) is 7.75. The van der Waals surface area contributed by atoms with Crippen molar-refractivity contribution < 1.29 is 9.53 Å². The SMILES string of the molecule is CCCNc1ccc(C(=O)NCCOCC(C)C)c(C)c1. The van der Waals surface area contributed by atoms with Gasteiger partial charge in [0.05, 0.1) is 6.61 Å². The van der Waals surface area contributed by atoms with Crippen molar-refractivity contribution in [1.82, 2.24) is 5.32 Å². The fourth-order valence-corrected chi connectivity index (χ4v) is 1.95. The Kier molecular flexibility index (Phi) is 7.83. The van der Waals surface area contributed by atoms with Gasteiger partial charge in [-0.2, -0.15) is 0 Å². The molecule has 0 atom stereocenters. The second kappa shape index (κ2) is 9.40. The first-order chi connectivity index (χ1) is 10.0. The summed E-state index contributed by atoms with van der Waals surface area (Å²) < 4.78 is 5.45. The van der Waals surface area contributed by atoms with Gasteiger partial charge in [-0.1, -0.05) is 20.8 Å². The summed E-state index contributed by atoms with van der Waals surface area (Å²) in [7, 11) is 0. The van der Waals surface area contributed by atoms with Crippen molar-refractivity contribution in [3.05, 3.63) is 29.3 Å². The van der Waals surface area contributed by atoms with Crippen molar-refractivity contribution in [3.63, 3.8) is 0 Å². The smallest absolute Gasteiger partial charge is 0.251 e. The molecule has 1 aromatic carbocycles. The molecule has 0 fully saturated rings. The fraction of sp³-hybridized carbons (Fsp3) is 0.588. The summed E-state index contributed by atoms with van der Waals surface area (Å²) in [6, 6.07) is 5.84. The number of carbonyl (C=O) groups excluding carboxylic acids is 1. The molecule has 1 amide bonds. The largest absolute Gasteiger partial charge is 0.385 e. The molecule has 0 aliphatic rings. The van der Waals surface area contributed by atoms with E-state index in [0.29, 0.717) is 19.1 Å². The number of hydrogen-bond acceptors (Lipinski definition) is 3. The van der Waals surface area contributed by atoms with Gasteiger partial charge in [0.1, 0.15) is 0 Å². The molecule has 4 heteroatoms. The second-order valence-corrected chi connectivity index (χ2v) is 5.68. The Morgan fingerprint density at radius 2 is 2.05 bits per heavy atom. The van der Waals surface area contributed by atoms with Crippen LogP contribution in [0.25, 0.3) is 0 Å². The molecule has 0 saturated heterocycles. The molecule has 118 valence electrons. The van der Waals surface area contributed by atoms with E-state index in [4.69, 9.17) is 4.74 Å². The molecule has 0 aromatic heterocycles. The molecule has 0 saturated carbocycles. The second-order valence-electron chi connectivity index (χ2n) is 5.68. The molecule has 0 spiro atoms. The van der Waals surface area contributed by atoms with Crippen molar-refractivity contribution in [2.75, 3.05) is 31.6 Å². The molecule has 0 bridgehead atoms. The van der Waals surface area contributed by atoms with Crippen molar-refractivity contribution >= 4 is 11.6 Å². The van der Waals surface area contributed by atoms with Crippen LogP contribution in [0.4, 0.5) is 5.69 Å². The van der Waals surface area contributed by atoms with Gasteiger partial charge in [0.25, 0.3) is 5.91 Å². The van der Waals surface area contributed by atoms with E-state index in [0.717, 1.165) is 36.4 Å². The van der Waals surface area contributed by atoms with Gasteiger partial charge < -0.3 is 15.4 Å². The van der Waals surface area contributed by atoms with Crippen molar-refractivity contribution in [2.24, 2.45) is 5.92 Å². The van der Waals surface area contributed by atoms with Crippen molar-refractivity contribution in [1.29, 1.82) is 0 Å². The maximum absolute atomic E-state index is 12.1. The van der Waals surface area contributed by atoms with Crippen LogP contribution in [0.3, 0.4) is 0 Å².